The van der Waals surface area contributed by atoms with Gasteiger partial charge in [-0.05, 0) is 25.1 Å². The Hall–Kier alpha value is -0.820. The number of alkyl halides is 2. The van der Waals surface area contributed by atoms with Crippen LogP contribution in [0.3, 0.4) is 0 Å². The number of ether oxygens (including phenoxy) is 1. The highest BCUT2D eigenvalue weighted by Gasteiger charge is 2.23. The number of carbonyl (C=O) groups is 1. The highest BCUT2D eigenvalue weighted by molar-refractivity contribution is 6.35. The lowest BCUT2D eigenvalue weighted by molar-refractivity contribution is -0.124. The van der Waals surface area contributed by atoms with E-state index in [-0.39, 0.29) is 46.6 Å². The second kappa shape index (κ2) is 8.72. The SMILES string of the molecule is Cl.O=C(NCc1cc(Cl)cc(Cl)c1OC(F)F)C1CCNC1. The zero-order valence-electron chi connectivity index (χ0n) is 11.4. The molecule has 9 heteroatoms. The maximum atomic E-state index is 12.4. The molecule has 4 nitrogen and oxygen atoms in total. The average Bonchev–Trinajstić information content (AvgIpc) is 2.93. The zero-order valence-corrected chi connectivity index (χ0v) is 13.7. The molecule has 1 unspecified atom stereocenters. The molecule has 2 N–H and O–H groups in total. The topological polar surface area (TPSA) is 50.4 Å². The summed E-state index contributed by atoms with van der Waals surface area (Å²) in [5.74, 6) is -0.417. The summed E-state index contributed by atoms with van der Waals surface area (Å²) in [6, 6.07) is 2.76. The molecule has 1 fully saturated rings. The lowest BCUT2D eigenvalue weighted by Gasteiger charge is -2.15. The molecular formula is C13H15Cl3F2N2O2. The third kappa shape index (κ3) is 5.12. The first-order chi connectivity index (χ1) is 9.97. The van der Waals surface area contributed by atoms with Gasteiger partial charge in [-0.3, -0.25) is 4.79 Å². The van der Waals surface area contributed by atoms with E-state index in [0.717, 1.165) is 13.0 Å². The molecule has 0 bridgehead atoms. The Balaban J connectivity index is 0.00000242. The van der Waals surface area contributed by atoms with Crippen LogP contribution in [0.4, 0.5) is 8.78 Å². The summed E-state index contributed by atoms with van der Waals surface area (Å²) in [5, 5.41) is 6.03. The molecule has 1 atom stereocenters. The normalized spacial score (nSPS) is 17.2. The summed E-state index contributed by atoms with van der Waals surface area (Å²) in [4.78, 5) is 11.9. The molecule has 1 amide bonds. The predicted molar refractivity (Wildman–Crippen MR) is 83.2 cm³/mol. The number of carbonyl (C=O) groups excluding carboxylic acids is 1. The van der Waals surface area contributed by atoms with Gasteiger partial charge >= 0.3 is 6.61 Å². The molecule has 0 aliphatic carbocycles. The Morgan fingerprint density at radius 1 is 1.45 bits per heavy atom. The molecule has 0 radical (unpaired) electrons. The van der Waals surface area contributed by atoms with Crippen LogP contribution in [0.1, 0.15) is 12.0 Å². The molecule has 1 aromatic carbocycles. The van der Waals surface area contributed by atoms with Crippen molar-refractivity contribution < 1.29 is 18.3 Å². The van der Waals surface area contributed by atoms with Crippen molar-refractivity contribution in [2.45, 2.75) is 19.6 Å². The van der Waals surface area contributed by atoms with Crippen molar-refractivity contribution in [1.82, 2.24) is 10.6 Å². The fourth-order valence-corrected chi connectivity index (χ4v) is 2.75. The molecule has 1 heterocycles. The molecule has 124 valence electrons. The number of hydrogen-bond acceptors (Lipinski definition) is 3. The van der Waals surface area contributed by atoms with Gasteiger partial charge in [-0.15, -0.1) is 12.4 Å². The van der Waals surface area contributed by atoms with Crippen molar-refractivity contribution in [2.24, 2.45) is 5.92 Å². The first kappa shape index (κ1) is 19.2. The molecule has 22 heavy (non-hydrogen) atoms. The molecule has 0 aromatic heterocycles. The Morgan fingerprint density at radius 2 is 2.18 bits per heavy atom. The number of halogens is 5. The lowest BCUT2D eigenvalue weighted by Crippen LogP contribution is -2.31. The number of rotatable bonds is 5. The van der Waals surface area contributed by atoms with Gasteiger partial charge in [0.05, 0.1) is 10.9 Å². The number of amides is 1. The number of hydrogen-bond donors (Lipinski definition) is 2. The average molecular weight is 376 g/mol. The lowest BCUT2D eigenvalue weighted by atomic mass is 10.1. The first-order valence-electron chi connectivity index (χ1n) is 6.38. The van der Waals surface area contributed by atoms with Crippen molar-refractivity contribution in [2.75, 3.05) is 13.1 Å². The van der Waals surface area contributed by atoms with Gasteiger partial charge in [0.25, 0.3) is 0 Å². The van der Waals surface area contributed by atoms with Crippen LogP contribution < -0.4 is 15.4 Å². The second-order valence-corrected chi connectivity index (χ2v) is 5.51. The van der Waals surface area contributed by atoms with Crippen LogP contribution in [0.15, 0.2) is 12.1 Å². The fraction of sp³-hybridized carbons (Fsp3) is 0.462. The van der Waals surface area contributed by atoms with E-state index in [4.69, 9.17) is 23.2 Å². The minimum Gasteiger partial charge on any atom is -0.433 e. The predicted octanol–water partition coefficient (Wildman–Crippen LogP) is 3.24. The van der Waals surface area contributed by atoms with Gasteiger partial charge in [0, 0.05) is 23.7 Å². The number of benzene rings is 1. The fourth-order valence-electron chi connectivity index (χ4n) is 2.17. The van der Waals surface area contributed by atoms with Crippen molar-refractivity contribution in [3.63, 3.8) is 0 Å². The molecule has 1 aromatic rings. The van der Waals surface area contributed by atoms with Gasteiger partial charge in [0.1, 0.15) is 5.75 Å². The maximum absolute atomic E-state index is 12.4. The van der Waals surface area contributed by atoms with Gasteiger partial charge in [0.15, 0.2) is 0 Å². The van der Waals surface area contributed by atoms with Crippen LogP contribution in [0.2, 0.25) is 10.0 Å². The van der Waals surface area contributed by atoms with Crippen LogP contribution in [-0.4, -0.2) is 25.6 Å². The second-order valence-electron chi connectivity index (χ2n) is 4.66. The summed E-state index contributed by atoms with van der Waals surface area (Å²) in [6.45, 7) is -1.57. The minimum atomic E-state index is -3.00. The summed E-state index contributed by atoms with van der Waals surface area (Å²) < 4.78 is 29.2. The van der Waals surface area contributed by atoms with Gasteiger partial charge in [-0.25, -0.2) is 0 Å². The largest absolute Gasteiger partial charge is 0.433 e. The summed E-state index contributed by atoms with van der Waals surface area (Å²) in [5.41, 5.74) is 0.312. The summed E-state index contributed by atoms with van der Waals surface area (Å²) in [7, 11) is 0. The van der Waals surface area contributed by atoms with E-state index in [1.54, 1.807) is 0 Å². The first-order valence-corrected chi connectivity index (χ1v) is 7.14. The zero-order chi connectivity index (χ0) is 15.4. The van der Waals surface area contributed by atoms with Gasteiger partial charge in [-0.2, -0.15) is 8.78 Å². The molecule has 1 saturated heterocycles. The van der Waals surface area contributed by atoms with Crippen LogP contribution >= 0.6 is 35.6 Å². The highest BCUT2D eigenvalue weighted by Crippen LogP contribution is 2.33. The van der Waals surface area contributed by atoms with E-state index >= 15 is 0 Å². The van der Waals surface area contributed by atoms with Gasteiger partial charge in [-0.1, -0.05) is 23.2 Å². The van der Waals surface area contributed by atoms with Crippen molar-refractivity contribution >= 4 is 41.5 Å². The Labute approximate surface area is 142 Å². The van der Waals surface area contributed by atoms with Crippen molar-refractivity contribution in [1.29, 1.82) is 0 Å². The van der Waals surface area contributed by atoms with E-state index < -0.39 is 6.61 Å². The van der Waals surface area contributed by atoms with Crippen LogP contribution in [0.25, 0.3) is 0 Å². The van der Waals surface area contributed by atoms with E-state index in [9.17, 15) is 13.6 Å². The monoisotopic (exact) mass is 374 g/mol. The molecule has 2 rings (SSSR count). The molecule has 1 aliphatic heterocycles. The summed E-state index contributed by atoms with van der Waals surface area (Å²) in [6.07, 6.45) is 0.753. The Morgan fingerprint density at radius 3 is 2.77 bits per heavy atom. The van der Waals surface area contributed by atoms with Crippen molar-refractivity contribution in [3.8, 4) is 5.75 Å². The molecule has 0 saturated carbocycles. The van der Waals surface area contributed by atoms with E-state index in [1.807, 2.05) is 0 Å². The van der Waals surface area contributed by atoms with Gasteiger partial charge < -0.3 is 15.4 Å². The highest BCUT2D eigenvalue weighted by atomic mass is 35.5. The minimum absolute atomic E-state index is 0. The Kier molecular flexibility index (Phi) is 7.62. The third-order valence-corrected chi connectivity index (χ3v) is 3.68. The van der Waals surface area contributed by atoms with Crippen molar-refractivity contribution in [3.05, 3.63) is 27.7 Å². The summed E-state index contributed by atoms with van der Waals surface area (Å²) >= 11 is 11.7. The number of nitrogens with one attached hydrogen (secondary N) is 2. The maximum Gasteiger partial charge on any atom is 0.387 e. The van der Waals surface area contributed by atoms with Crippen LogP contribution in [0, 0.1) is 5.92 Å². The van der Waals surface area contributed by atoms with E-state index in [0.29, 0.717) is 12.1 Å². The molecular weight excluding hydrogens is 361 g/mol. The molecule has 0 spiro atoms. The Bertz CT molecular complexity index is 526. The standard InChI is InChI=1S/C13H14Cl2F2N2O2.ClH/c14-9-3-8(11(10(15)4-9)21-13(16)17)6-19-12(20)7-1-2-18-5-7;/h3-4,7,13,18H,1-2,5-6H2,(H,19,20);1H. The third-order valence-electron chi connectivity index (χ3n) is 3.18. The van der Waals surface area contributed by atoms with Crippen LogP contribution in [0.5, 0.6) is 5.75 Å². The smallest absolute Gasteiger partial charge is 0.387 e. The quantitative estimate of drug-likeness (QED) is 0.831. The van der Waals surface area contributed by atoms with E-state index in [1.165, 1.54) is 12.1 Å². The van der Waals surface area contributed by atoms with Crippen LogP contribution in [-0.2, 0) is 11.3 Å². The van der Waals surface area contributed by atoms with Gasteiger partial charge in [0.2, 0.25) is 5.91 Å². The van der Waals surface area contributed by atoms with E-state index in [2.05, 4.69) is 15.4 Å². The molecule has 1 aliphatic rings.